The Balaban J connectivity index is 0.000000391. The summed E-state index contributed by atoms with van der Waals surface area (Å²) >= 11 is 0. The fourth-order valence-corrected chi connectivity index (χ4v) is 3.22. The summed E-state index contributed by atoms with van der Waals surface area (Å²) in [7, 11) is 0. The zero-order valence-corrected chi connectivity index (χ0v) is 21.4. The van der Waals surface area contributed by atoms with Crippen molar-refractivity contribution in [3.8, 4) is 23.6 Å². The third-order valence-electron chi connectivity index (χ3n) is 5.23. The molecule has 0 saturated heterocycles. The van der Waals surface area contributed by atoms with Gasteiger partial charge in [0.2, 0.25) is 0 Å². The molecule has 39 heavy (non-hydrogen) atoms. The van der Waals surface area contributed by atoms with E-state index < -0.39 is 40.7 Å². The van der Waals surface area contributed by atoms with E-state index in [1.54, 1.807) is 13.8 Å². The first kappa shape index (κ1) is 33.5. The standard InChI is InChI=1S/C14H16F3NO2.C13H14F3NO2/c1-9(19)3-4-10(2)20-12-6-5-11(8-18)13(7-12)14(15,16)17;14-13(15,16)12-8-11(5-4-10(12)9-17)19-7-3-1-2-6-18/h5-7,9-10,19H,3-4H2,1-2H3;4-5,8,18H,1-3,6-7H2. The highest BCUT2D eigenvalue weighted by Crippen LogP contribution is 2.35. The van der Waals surface area contributed by atoms with Crippen LogP contribution < -0.4 is 9.47 Å². The van der Waals surface area contributed by atoms with Gasteiger partial charge in [-0.1, -0.05) is 0 Å². The summed E-state index contributed by atoms with van der Waals surface area (Å²) < 4.78 is 86.9. The quantitative estimate of drug-likeness (QED) is 0.236. The molecular formula is C27H30F6N2O4. The molecule has 0 spiro atoms. The summed E-state index contributed by atoms with van der Waals surface area (Å²) in [6.45, 7) is 3.72. The van der Waals surface area contributed by atoms with Crippen LogP contribution in [-0.2, 0) is 12.4 Å². The maximum Gasteiger partial charge on any atom is 0.417 e. The van der Waals surface area contributed by atoms with Crippen molar-refractivity contribution in [2.45, 2.75) is 70.5 Å². The first-order valence-corrected chi connectivity index (χ1v) is 12.0. The minimum atomic E-state index is -4.59. The molecule has 2 N–H and O–H groups in total. The van der Waals surface area contributed by atoms with Gasteiger partial charge in [-0.2, -0.15) is 36.9 Å². The second-order valence-electron chi connectivity index (χ2n) is 8.62. The molecule has 0 aliphatic carbocycles. The normalized spacial score (nSPS) is 12.8. The first-order valence-electron chi connectivity index (χ1n) is 12.0. The molecule has 0 amide bonds. The Bertz CT molecular complexity index is 1120. The van der Waals surface area contributed by atoms with Gasteiger partial charge in [0, 0.05) is 6.61 Å². The van der Waals surface area contributed by atoms with Crippen LogP contribution in [-0.4, -0.2) is 35.6 Å². The van der Waals surface area contributed by atoms with Crippen molar-refractivity contribution < 1.29 is 46.0 Å². The summed E-state index contributed by atoms with van der Waals surface area (Å²) in [5.74, 6) is 0.157. The van der Waals surface area contributed by atoms with Crippen LogP contribution in [0.5, 0.6) is 11.5 Å². The van der Waals surface area contributed by atoms with Crippen LogP contribution >= 0.6 is 0 Å². The lowest BCUT2D eigenvalue weighted by atomic mass is 10.1. The number of unbranched alkanes of at least 4 members (excludes halogenated alkanes) is 2. The lowest BCUT2D eigenvalue weighted by Crippen LogP contribution is -2.15. The number of alkyl halides is 6. The molecular weight excluding hydrogens is 530 g/mol. The number of ether oxygens (including phenoxy) is 2. The predicted molar refractivity (Wildman–Crippen MR) is 130 cm³/mol. The zero-order valence-electron chi connectivity index (χ0n) is 21.4. The molecule has 2 unspecified atom stereocenters. The Morgan fingerprint density at radius 3 is 1.77 bits per heavy atom. The number of hydrogen-bond donors (Lipinski definition) is 2. The minimum absolute atomic E-state index is 0.0643. The number of benzene rings is 2. The average molecular weight is 561 g/mol. The van der Waals surface area contributed by atoms with E-state index in [1.165, 1.54) is 24.3 Å². The number of rotatable bonds is 11. The van der Waals surface area contributed by atoms with Crippen molar-refractivity contribution in [1.29, 1.82) is 10.5 Å². The molecule has 0 aromatic heterocycles. The SMILES string of the molecule is CC(O)CCC(C)Oc1ccc(C#N)c(C(F)(F)F)c1.N#Cc1ccc(OCCCCCO)cc1C(F)(F)F. The summed E-state index contributed by atoms with van der Waals surface area (Å²) in [4.78, 5) is 0. The highest BCUT2D eigenvalue weighted by atomic mass is 19.4. The van der Waals surface area contributed by atoms with Gasteiger partial charge in [-0.3, -0.25) is 0 Å². The lowest BCUT2D eigenvalue weighted by Gasteiger charge is -2.17. The Morgan fingerprint density at radius 1 is 0.795 bits per heavy atom. The summed E-state index contributed by atoms with van der Waals surface area (Å²) in [5, 5.41) is 35.0. The van der Waals surface area contributed by atoms with Gasteiger partial charge < -0.3 is 19.7 Å². The van der Waals surface area contributed by atoms with Crippen molar-refractivity contribution in [3.05, 3.63) is 58.7 Å². The average Bonchev–Trinajstić information content (AvgIpc) is 2.86. The van der Waals surface area contributed by atoms with Crippen LogP contribution in [0.1, 0.15) is 68.2 Å². The smallest absolute Gasteiger partial charge is 0.417 e. The minimum Gasteiger partial charge on any atom is -0.494 e. The van der Waals surface area contributed by atoms with E-state index >= 15 is 0 Å². The molecule has 214 valence electrons. The molecule has 12 heteroatoms. The van der Waals surface area contributed by atoms with Gasteiger partial charge in [-0.25, -0.2) is 0 Å². The molecule has 6 nitrogen and oxygen atoms in total. The van der Waals surface area contributed by atoms with E-state index in [2.05, 4.69) is 0 Å². The van der Waals surface area contributed by atoms with Gasteiger partial charge in [0.05, 0.1) is 53.2 Å². The third kappa shape index (κ3) is 12.3. The fraction of sp³-hybridized carbons (Fsp3) is 0.481. The lowest BCUT2D eigenvalue weighted by molar-refractivity contribution is -0.138. The van der Waals surface area contributed by atoms with Crippen molar-refractivity contribution in [3.63, 3.8) is 0 Å². The van der Waals surface area contributed by atoms with E-state index in [0.29, 0.717) is 25.7 Å². The monoisotopic (exact) mass is 560 g/mol. The van der Waals surface area contributed by atoms with Crippen molar-refractivity contribution >= 4 is 0 Å². The van der Waals surface area contributed by atoms with Gasteiger partial charge in [-0.15, -0.1) is 0 Å². The summed E-state index contributed by atoms with van der Waals surface area (Å²) in [5.41, 5.74) is -2.83. The number of nitrogens with zero attached hydrogens (tertiary/aromatic N) is 2. The van der Waals surface area contributed by atoms with Crippen LogP contribution in [0.15, 0.2) is 36.4 Å². The molecule has 2 aromatic rings. The van der Waals surface area contributed by atoms with Crippen LogP contribution in [0.2, 0.25) is 0 Å². The van der Waals surface area contributed by atoms with Gasteiger partial charge in [0.25, 0.3) is 0 Å². The molecule has 0 bridgehead atoms. The van der Waals surface area contributed by atoms with E-state index in [-0.39, 0.29) is 30.8 Å². The highest BCUT2D eigenvalue weighted by Gasteiger charge is 2.35. The van der Waals surface area contributed by atoms with Crippen molar-refractivity contribution in [2.24, 2.45) is 0 Å². The van der Waals surface area contributed by atoms with Crippen LogP contribution in [0.4, 0.5) is 26.3 Å². The topological polar surface area (TPSA) is 106 Å². The molecule has 0 radical (unpaired) electrons. The van der Waals surface area contributed by atoms with Crippen LogP contribution in [0, 0.1) is 22.7 Å². The van der Waals surface area contributed by atoms with E-state index in [4.69, 9.17) is 30.2 Å². The van der Waals surface area contributed by atoms with Gasteiger partial charge >= 0.3 is 12.4 Å². The number of hydrogen-bond acceptors (Lipinski definition) is 6. The van der Waals surface area contributed by atoms with Gasteiger partial charge in [0.1, 0.15) is 11.5 Å². The van der Waals surface area contributed by atoms with E-state index in [0.717, 1.165) is 30.7 Å². The highest BCUT2D eigenvalue weighted by molar-refractivity contribution is 5.45. The molecule has 0 fully saturated rings. The Kier molecular flexibility index (Phi) is 13.6. The summed E-state index contributed by atoms with van der Waals surface area (Å²) in [6, 6.07) is 9.58. The molecule has 2 aromatic carbocycles. The first-order chi connectivity index (χ1) is 18.2. The van der Waals surface area contributed by atoms with Gasteiger partial charge in [0.15, 0.2) is 0 Å². The number of halogens is 6. The molecule has 0 saturated carbocycles. The third-order valence-corrected chi connectivity index (χ3v) is 5.23. The largest absolute Gasteiger partial charge is 0.494 e. The van der Waals surface area contributed by atoms with E-state index in [1.807, 2.05) is 0 Å². The number of nitriles is 2. The Morgan fingerprint density at radius 2 is 1.31 bits per heavy atom. The second-order valence-corrected chi connectivity index (χ2v) is 8.62. The van der Waals surface area contributed by atoms with Crippen molar-refractivity contribution in [1.82, 2.24) is 0 Å². The number of aliphatic hydroxyl groups is 2. The van der Waals surface area contributed by atoms with E-state index in [9.17, 15) is 26.3 Å². The van der Waals surface area contributed by atoms with Crippen LogP contribution in [0.25, 0.3) is 0 Å². The Hall–Kier alpha value is -3.48. The Labute approximate surface area is 223 Å². The maximum absolute atomic E-state index is 12.8. The maximum atomic E-state index is 12.8. The molecule has 0 heterocycles. The predicted octanol–water partition coefficient (Wildman–Crippen LogP) is 6.62. The van der Waals surface area contributed by atoms with Crippen molar-refractivity contribution in [2.75, 3.05) is 13.2 Å². The number of aliphatic hydroxyl groups excluding tert-OH is 2. The second kappa shape index (κ2) is 15.8. The van der Waals surface area contributed by atoms with Crippen LogP contribution in [0.3, 0.4) is 0 Å². The molecule has 2 atom stereocenters. The van der Waals surface area contributed by atoms with Gasteiger partial charge in [-0.05, 0) is 82.3 Å². The fourth-order valence-electron chi connectivity index (χ4n) is 3.22. The summed E-state index contributed by atoms with van der Waals surface area (Å²) in [6.07, 6.45) is -6.88. The zero-order chi connectivity index (χ0) is 29.6. The molecule has 2 rings (SSSR count). The molecule has 0 aliphatic heterocycles. The molecule has 0 aliphatic rings.